The zero-order chi connectivity index (χ0) is 23.7. The van der Waals surface area contributed by atoms with Gasteiger partial charge in [0.15, 0.2) is 0 Å². The van der Waals surface area contributed by atoms with Crippen LogP contribution in [-0.4, -0.2) is 45.8 Å². The Balaban J connectivity index is 1.75. The lowest BCUT2D eigenvalue weighted by Crippen LogP contribution is -2.28. The minimum atomic E-state index is -0.303. The Morgan fingerprint density at radius 3 is 2.68 bits per heavy atom. The first-order chi connectivity index (χ1) is 16.6. The van der Waals surface area contributed by atoms with Crippen LogP contribution >= 0.6 is 11.8 Å². The molecule has 0 aliphatic carbocycles. The minimum absolute atomic E-state index is 0.303. The first-order valence-corrected chi connectivity index (χ1v) is 12.2. The van der Waals surface area contributed by atoms with Gasteiger partial charge in [0, 0.05) is 64.4 Å². The van der Waals surface area contributed by atoms with E-state index in [-0.39, 0.29) is 5.97 Å². The second kappa shape index (κ2) is 9.48. The summed E-state index contributed by atoms with van der Waals surface area (Å²) in [5.41, 5.74) is 5.30. The summed E-state index contributed by atoms with van der Waals surface area (Å²) < 4.78 is 13.9. The van der Waals surface area contributed by atoms with E-state index in [4.69, 9.17) is 9.47 Å². The number of nitrogens with zero attached hydrogens (tertiary/aromatic N) is 4. The lowest BCUT2D eigenvalue weighted by atomic mass is 9.96. The molecule has 34 heavy (non-hydrogen) atoms. The molecule has 0 radical (unpaired) electrons. The number of aryl methyl sites for hydroxylation is 1. The second-order valence-electron chi connectivity index (χ2n) is 8.24. The smallest absolute Gasteiger partial charge is 0.340 e. The lowest BCUT2D eigenvalue weighted by Gasteiger charge is -2.28. The number of hydrogen-bond donors (Lipinski definition) is 0. The third kappa shape index (κ3) is 4.03. The molecular formula is C26H26N4O3S. The maximum atomic E-state index is 13.3. The van der Waals surface area contributed by atoms with Crippen molar-refractivity contribution >= 4 is 28.6 Å². The highest BCUT2D eigenvalue weighted by Crippen LogP contribution is 2.44. The van der Waals surface area contributed by atoms with Crippen molar-refractivity contribution in [3.8, 4) is 16.9 Å². The van der Waals surface area contributed by atoms with Crippen LogP contribution in [0.5, 0.6) is 5.75 Å². The zero-order valence-corrected chi connectivity index (χ0v) is 20.3. The zero-order valence-electron chi connectivity index (χ0n) is 19.4. The van der Waals surface area contributed by atoms with Crippen molar-refractivity contribution in [3.05, 3.63) is 71.9 Å². The van der Waals surface area contributed by atoms with E-state index in [2.05, 4.69) is 37.6 Å². The molecule has 3 heterocycles. The Kier molecular flexibility index (Phi) is 6.26. The summed E-state index contributed by atoms with van der Waals surface area (Å²) >= 11 is 1.70. The van der Waals surface area contributed by atoms with Crippen molar-refractivity contribution in [3.63, 3.8) is 0 Å². The number of carbonyl (C=O) groups is 1. The van der Waals surface area contributed by atoms with Gasteiger partial charge in [0.1, 0.15) is 18.8 Å². The highest BCUT2D eigenvalue weighted by Gasteiger charge is 2.30. The summed E-state index contributed by atoms with van der Waals surface area (Å²) in [5, 5.41) is 0.895. The number of ether oxygens (including phenoxy) is 2. The Morgan fingerprint density at radius 1 is 1.18 bits per heavy atom. The number of thioether (sulfide) groups is 1. The molecule has 0 fully saturated rings. The van der Waals surface area contributed by atoms with Crippen LogP contribution in [0.4, 0.5) is 0 Å². The molecule has 8 heteroatoms. The maximum Gasteiger partial charge on any atom is 0.340 e. The summed E-state index contributed by atoms with van der Waals surface area (Å²) in [7, 11) is 4.02. The van der Waals surface area contributed by atoms with Crippen molar-refractivity contribution in [2.45, 2.75) is 24.1 Å². The number of esters is 1. The molecule has 7 nitrogen and oxygen atoms in total. The maximum absolute atomic E-state index is 13.3. The van der Waals surface area contributed by atoms with E-state index in [0.717, 1.165) is 43.9 Å². The van der Waals surface area contributed by atoms with Gasteiger partial charge in [0.25, 0.3) is 0 Å². The molecule has 0 bridgehead atoms. The predicted octanol–water partition coefficient (Wildman–Crippen LogP) is 4.89. The molecule has 4 aromatic rings. The Morgan fingerprint density at radius 2 is 1.94 bits per heavy atom. The molecule has 0 saturated carbocycles. The van der Waals surface area contributed by atoms with Gasteiger partial charge in [-0.25, -0.2) is 14.8 Å². The molecule has 2 aromatic carbocycles. The molecule has 0 unspecified atom stereocenters. The molecule has 0 N–H and O–H groups in total. The SMILES string of the molecule is CCOC(=O)c1c(CSc2ccccc2)n(C)c2cc(-c3cncnc3)c3c(c12)CN(C)CO3. The van der Waals surface area contributed by atoms with Crippen LogP contribution in [0, 0.1) is 0 Å². The first kappa shape index (κ1) is 22.4. The van der Waals surface area contributed by atoms with E-state index in [9.17, 15) is 4.79 Å². The molecule has 5 rings (SSSR count). The molecule has 0 spiro atoms. The van der Waals surface area contributed by atoms with Crippen molar-refractivity contribution in [2.24, 2.45) is 7.05 Å². The van der Waals surface area contributed by atoms with Crippen molar-refractivity contribution in [1.29, 1.82) is 0 Å². The van der Waals surface area contributed by atoms with E-state index in [1.807, 2.05) is 39.2 Å². The average molecular weight is 475 g/mol. The quantitative estimate of drug-likeness (QED) is 0.291. The Labute approximate surface area is 202 Å². The third-order valence-electron chi connectivity index (χ3n) is 5.99. The monoisotopic (exact) mass is 474 g/mol. The van der Waals surface area contributed by atoms with Crippen LogP contribution in [0.2, 0.25) is 0 Å². The van der Waals surface area contributed by atoms with E-state index in [1.54, 1.807) is 24.2 Å². The van der Waals surface area contributed by atoms with Crippen LogP contribution in [0.15, 0.2) is 60.0 Å². The van der Waals surface area contributed by atoms with Gasteiger partial charge in [0.05, 0.1) is 17.7 Å². The molecule has 0 saturated heterocycles. The Hall–Kier alpha value is -3.36. The van der Waals surface area contributed by atoms with Gasteiger partial charge in [-0.3, -0.25) is 4.90 Å². The number of rotatable bonds is 6. The average Bonchev–Trinajstić information content (AvgIpc) is 3.15. The molecule has 174 valence electrons. The fourth-order valence-corrected chi connectivity index (χ4v) is 5.42. The van der Waals surface area contributed by atoms with Gasteiger partial charge in [-0.2, -0.15) is 0 Å². The van der Waals surface area contributed by atoms with Crippen LogP contribution < -0.4 is 4.74 Å². The number of hydrogen-bond acceptors (Lipinski definition) is 7. The summed E-state index contributed by atoms with van der Waals surface area (Å²) in [6.07, 6.45) is 5.10. The molecular weight excluding hydrogens is 448 g/mol. The fourth-order valence-electron chi connectivity index (χ4n) is 4.43. The van der Waals surface area contributed by atoms with Gasteiger partial charge in [-0.15, -0.1) is 11.8 Å². The van der Waals surface area contributed by atoms with Crippen LogP contribution in [-0.2, 0) is 24.1 Å². The van der Waals surface area contributed by atoms with Gasteiger partial charge in [-0.05, 0) is 32.2 Å². The summed E-state index contributed by atoms with van der Waals surface area (Å²) in [6, 6.07) is 12.3. The molecule has 1 aliphatic rings. The number of fused-ring (bicyclic) bond motifs is 3. The highest BCUT2D eigenvalue weighted by molar-refractivity contribution is 7.98. The van der Waals surface area contributed by atoms with Gasteiger partial charge >= 0.3 is 5.97 Å². The molecule has 1 aliphatic heterocycles. The van der Waals surface area contributed by atoms with Gasteiger partial charge < -0.3 is 14.0 Å². The van der Waals surface area contributed by atoms with Gasteiger partial charge in [0.2, 0.25) is 0 Å². The number of benzene rings is 2. The summed E-state index contributed by atoms with van der Waals surface area (Å²) in [4.78, 5) is 25.0. The van der Waals surface area contributed by atoms with Crippen LogP contribution in [0.3, 0.4) is 0 Å². The van der Waals surface area contributed by atoms with Crippen LogP contribution in [0.25, 0.3) is 22.0 Å². The first-order valence-electron chi connectivity index (χ1n) is 11.2. The van der Waals surface area contributed by atoms with E-state index in [0.29, 0.717) is 31.2 Å². The topological polar surface area (TPSA) is 69.5 Å². The minimum Gasteiger partial charge on any atom is -0.477 e. The third-order valence-corrected chi connectivity index (χ3v) is 7.01. The summed E-state index contributed by atoms with van der Waals surface area (Å²) in [6.45, 7) is 3.28. The summed E-state index contributed by atoms with van der Waals surface area (Å²) in [5.74, 6) is 1.11. The number of aromatic nitrogens is 3. The largest absolute Gasteiger partial charge is 0.477 e. The van der Waals surface area contributed by atoms with Crippen molar-refractivity contribution in [2.75, 3.05) is 20.4 Å². The van der Waals surface area contributed by atoms with E-state index >= 15 is 0 Å². The van der Waals surface area contributed by atoms with Gasteiger partial charge in [-0.1, -0.05) is 18.2 Å². The standard InChI is InChI=1S/C26H26N4O3S/c1-4-32-26(31)24-22(14-34-18-8-6-5-7-9-18)30(3)21-10-19(17-11-27-15-28-12-17)25-20(23(21)24)13-29(2)16-33-25/h5-12,15H,4,13-14,16H2,1-3H3. The second-order valence-corrected chi connectivity index (χ2v) is 9.29. The van der Waals surface area contributed by atoms with Crippen molar-refractivity contribution in [1.82, 2.24) is 19.4 Å². The van der Waals surface area contributed by atoms with E-state index < -0.39 is 0 Å². The molecule has 0 amide bonds. The van der Waals surface area contributed by atoms with Crippen molar-refractivity contribution < 1.29 is 14.3 Å². The molecule has 0 atom stereocenters. The molecule has 2 aromatic heterocycles. The Bertz CT molecular complexity index is 1340. The fraction of sp³-hybridized carbons (Fsp3) is 0.269. The van der Waals surface area contributed by atoms with Crippen LogP contribution in [0.1, 0.15) is 28.5 Å². The predicted molar refractivity (Wildman–Crippen MR) is 133 cm³/mol. The highest BCUT2D eigenvalue weighted by atomic mass is 32.2. The normalized spacial score (nSPS) is 13.5. The number of carbonyl (C=O) groups excluding carboxylic acids is 1. The van der Waals surface area contributed by atoms with E-state index in [1.165, 1.54) is 6.33 Å². The lowest BCUT2D eigenvalue weighted by molar-refractivity contribution is 0.0527.